The Labute approximate surface area is 158 Å². The molecule has 1 atom stereocenters. The summed E-state index contributed by atoms with van der Waals surface area (Å²) >= 11 is 0. The van der Waals surface area contributed by atoms with E-state index in [1.54, 1.807) is 42.3 Å². The van der Waals surface area contributed by atoms with E-state index >= 15 is 0 Å². The van der Waals surface area contributed by atoms with Crippen LogP contribution >= 0.6 is 0 Å². The largest absolute Gasteiger partial charge is 0.497 e. The predicted octanol–water partition coefficient (Wildman–Crippen LogP) is 2.06. The molecule has 0 aliphatic carbocycles. The molecule has 7 nitrogen and oxygen atoms in total. The molecule has 2 aromatic rings. The van der Waals surface area contributed by atoms with Crippen LogP contribution in [0.5, 0.6) is 11.5 Å². The normalized spacial score (nSPS) is 18.2. The van der Waals surface area contributed by atoms with Gasteiger partial charge in [0.2, 0.25) is 5.91 Å². The summed E-state index contributed by atoms with van der Waals surface area (Å²) in [4.78, 5) is 14.7. The van der Waals surface area contributed by atoms with Crippen molar-refractivity contribution in [3.63, 3.8) is 0 Å². The number of methoxy groups -OCH3 is 2. The van der Waals surface area contributed by atoms with Crippen LogP contribution in [-0.2, 0) is 27.6 Å². The molecule has 0 bridgehead atoms. The molecule has 1 saturated heterocycles. The smallest absolute Gasteiger partial charge is 0.227 e. The third-order valence-corrected chi connectivity index (χ3v) is 6.46. The van der Waals surface area contributed by atoms with Crippen molar-refractivity contribution in [2.75, 3.05) is 25.7 Å². The Hall–Kier alpha value is -2.48. The number of hydrogen-bond donors (Lipinski definition) is 0. The Morgan fingerprint density at radius 2 is 2.07 bits per heavy atom. The molecule has 146 valence electrons. The molecule has 27 heavy (non-hydrogen) atoms. The van der Waals surface area contributed by atoms with E-state index in [4.69, 9.17) is 13.9 Å². The number of rotatable bonds is 7. The molecule has 1 aromatic heterocycles. The maximum atomic E-state index is 13.1. The number of carbonyl (C=O) groups is 1. The first-order valence-corrected chi connectivity index (χ1v) is 10.5. The zero-order valence-corrected chi connectivity index (χ0v) is 16.2. The number of carbonyl (C=O) groups excluding carboxylic acids is 1. The lowest BCUT2D eigenvalue weighted by Gasteiger charge is -2.28. The molecule has 0 N–H and O–H groups in total. The highest BCUT2D eigenvalue weighted by Crippen LogP contribution is 2.27. The zero-order chi connectivity index (χ0) is 19.4. The average Bonchev–Trinajstić information content (AvgIpc) is 3.28. The minimum atomic E-state index is -3.11. The van der Waals surface area contributed by atoms with Crippen molar-refractivity contribution in [1.82, 2.24) is 4.90 Å². The van der Waals surface area contributed by atoms with Crippen LogP contribution in [-0.4, -0.2) is 51.0 Å². The molecule has 0 saturated carbocycles. The average molecular weight is 393 g/mol. The summed E-state index contributed by atoms with van der Waals surface area (Å²) in [5.74, 6) is 1.73. The molecule has 8 heteroatoms. The molecule has 1 aromatic carbocycles. The molecule has 1 fully saturated rings. The number of ether oxygens (including phenoxy) is 2. The molecule has 0 unspecified atom stereocenters. The zero-order valence-electron chi connectivity index (χ0n) is 15.4. The molecule has 0 spiro atoms. The molecule has 0 radical (unpaired) electrons. The van der Waals surface area contributed by atoms with E-state index in [0.717, 1.165) is 0 Å². The summed E-state index contributed by atoms with van der Waals surface area (Å²) in [5, 5.41) is 0. The summed E-state index contributed by atoms with van der Waals surface area (Å²) in [6.45, 7) is 0.241. The van der Waals surface area contributed by atoms with Crippen molar-refractivity contribution in [2.45, 2.75) is 25.4 Å². The van der Waals surface area contributed by atoms with Crippen LogP contribution in [0.3, 0.4) is 0 Å². The minimum Gasteiger partial charge on any atom is -0.497 e. The van der Waals surface area contributed by atoms with Gasteiger partial charge < -0.3 is 18.8 Å². The van der Waals surface area contributed by atoms with E-state index in [0.29, 0.717) is 29.2 Å². The van der Waals surface area contributed by atoms with Crippen LogP contribution in [0.4, 0.5) is 0 Å². The third-order valence-electron chi connectivity index (χ3n) is 4.71. The van der Waals surface area contributed by atoms with Gasteiger partial charge in [-0.2, -0.15) is 0 Å². The van der Waals surface area contributed by atoms with Gasteiger partial charge in [0, 0.05) is 17.7 Å². The van der Waals surface area contributed by atoms with Gasteiger partial charge in [0.25, 0.3) is 0 Å². The van der Waals surface area contributed by atoms with E-state index < -0.39 is 9.84 Å². The molecule has 1 aliphatic rings. The molecule has 2 heterocycles. The summed E-state index contributed by atoms with van der Waals surface area (Å²) in [6.07, 6.45) is 2.08. The van der Waals surface area contributed by atoms with Gasteiger partial charge in [0.15, 0.2) is 9.84 Å². The van der Waals surface area contributed by atoms with E-state index in [2.05, 4.69) is 0 Å². The van der Waals surface area contributed by atoms with Gasteiger partial charge in [0.05, 0.1) is 45.0 Å². The first-order valence-electron chi connectivity index (χ1n) is 8.65. The van der Waals surface area contributed by atoms with Gasteiger partial charge in [-0.15, -0.1) is 0 Å². The first-order chi connectivity index (χ1) is 12.9. The molecular weight excluding hydrogens is 370 g/mol. The SMILES string of the molecule is COc1ccc(CC(=O)N(Cc2ccco2)[C@@H]2CCS(=O)(=O)C2)c(OC)c1. The van der Waals surface area contributed by atoms with Gasteiger partial charge in [-0.3, -0.25) is 4.79 Å². The number of furan rings is 1. The molecular formula is C19H23NO6S. The standard InChI is InChI=1S/C19H23NO6S/c1-24-16-6-5-14(18(11-16)25-2)10-19(21)20(12-17-4-3-8-26-17)15-7-9-27(22,23)13-15/h3-6,8,11,15H,7,9-10,12-13H2,1-2H3/t15-/m1/s1. The molecule has 1 aliphatic heterocycles. The minimum absolute atomic E-state index is 0.0147. The highest BCUT2D eigenvalue weighted by Gasteiger charge is 2.35. The summed E-state index contributed by atoms with van der Waals surface area (Å²) in [7, 11) is -0.0179. The van der Waals surface area contributed by atoms with Gasteiger partial charge in [-0.05, 0) is 24.6 Å². The fraction of sp³-hybridized carbons (Fsp3) is 0.421. The molecule has 3 rings (SSSR count). The third kappa shape index (κ3) is 4.63. The number of benzene rings is 1. The highest BCUT2D eigenvalue weighted by atomic mass is 32.2. The van der Waals surface area contributed by atoms with E-state index in [9.17, 15) is 13.2 Å². The van der Waals surface area contributed by atoms with Crippen LogP contribution in [0.1, 0.15) is 17.7 Å². The lowest BCUT2D eigenvalue weighted by molar-refractivity contribution is -0.133. The van der Waals surface area contributed by atoms with Gasteiger partial charge in [-0.1, -0.05) is 6.07 Å². The number of sulfone groups is 1. The fourth-order valence-corrected chi connectivity index (χ4v) is 5.01. The fourth-order valence-electron chi connectivity index (χ4n) is 3.27. The summed E-state index contributed by atoms with van der Waals surface area (Å²) < 4.78 is 39.7. The Morgan fingerprint density at radius 1 is 1.26 bits per heavy atom. The Bertz CT molecular complexity index is 891. The number of nitrogens with zero attached hydrogens (tertiary/aromatic N) is 1. The van der Waals surface area contributed by atoms with Gasteiger partial charge in [0.1, 0.15) is 17.3 Å². The van der Waals surface area contributed by atoms with E-state index in [1.165, 1.54) is 13.4 Å². The first kappa shape index (κ1) is 19.3. The Morgan fingerprint density at radius 3 is 2.67 bits per heavy atom. The lowest BCUT2D eigenvalue weighted by atomic mass is 10.1. The molecule has 1 amide bonds. The van der Waals surface area contributed by atoms with Crippen molar-refractivity contribution in [2.24, 2.45) is 0 Å². The van der Waals surface area contributed by atoms with E-state index in [-0.39, 0.29) is 36.4 Å². The second-order valence-corrected chi connectivity index (χ2v) is 8.74. The van der Waals surface area contributed by atoms with Crippen LogP contribution in [0.25, 0.3) is 0 Å². The summed E-state index contributed by atoms with van der Waals surface area (Å²) in [5.41, 5.74) is 0.716. The van der Waals surface area contributed by atoms with Crippen molar-refractivity contribution in [1.29, 1.82) is 0 Å². The quantitative estimate of drug-likeness (QED) is 0.716. The second kappa shape index (κ2) is 8.04. The van der Waals surface area contributed by atoms with Gasteiger partial charge in [-0.25, -0.2) is 8.42 Å². The monoisotopic (exact) mass is 393 g/mol. The van der Waals surface area contributed by atoms with Crippen molar-refractivity contribution >= 4 is 15.7 Å². The van der Waals surface area contributed by atoms with Crippen LogP contribution in [0.15, 0.2) is 41.0 Å². The maximum Gasteiger partial charge on any atom is 0.227 e. The van der Waals surface area contributed by atoms with Crippen molar-refractivity contribution in [3.05, 3.63) is 47.9 Å². The van der Waals surface area contributed by atoms with E-state index in [1.807, 2.05) is 0 Å². The topological polar surface area (TPSA) is 86.0 Å². The predicted molar refractivity (Wildman–Crippen MR) is 99.6 cm³/mol. The Balaban J connectivity index is 1.82. The van der Waals surface area contributed by atoms with Gasteiger partial charge >= 0.3 is 0 Å². The number of hydrogen-bond acceptors (Lipinski definition) is 6. The van der Waals surface area contributed by atoms with Crippen LogP contribution < -0.4 is 9.47 Å². The number of amides is 1. The van der Waals surface area contributed by atoms with Crippen molar-refractivity contribution in [3.8, 4) is 11.5 Å². The second-order valence-electron chi connectivity index (χ2n) is 6.51. The highest BCUT2D eigenvalue weighted by molar-refractivity contribution is 7.91. The Kier molecular flexibility index (Phi) is 5.74. The lowest BCUT2D eigenvalue weighted by Crippen LogP contribution is -2.41. The van der Waals surface area contributed by atoms with Crippen molar-refractivity contribution < 1.29 is 27.1 Å². The van der Waals surface area contributed by atoms with Crippen LogP contribution in [0.2, 0.25) is 0 Å². The van der Waals surface area contributed by atoms with Crippen LogP contribution in [0, 0.1) is 0 Å². The maximum absolute atomic E-state index is 13.1. The summed E-state index contributed by atoms with van der Waals surface area (Å²) in [6, 6.07) is 8.44.